The number of carbonyl (C=O) groups excluding carboxylic acids is 1. The van der Waals surface area contributed by atoms with Gasteiger partial charge in [-0.1, -0.05) is 35.9 Å². The largest absolute Gasteiger partial charge is 0.497 e. The van der Waals surface area contributed by atoms with Crippen LogP contribution in [-0.4, -0.2) is 50.4 Å². The zero-order valence-corrected chi connectivity index (χ0v) is 16.5. The SMILES string of the molecule is COc1cccc(N2CCN(C3NC(=O)CC(c4ccc(C)cc4)N3)CC2)c1. The van der Waals surface area contributed by atoms with Gasteiger partial charge in [0.2, 0.25) is 5.91 Å². The molecule has 1 amide bonds. The fourth-order valence-electron chi connectivity index (χ4n) is 3.94. The molecule has 148 valence electrons. The molecule has 2 unspecified atom stereocenters. The summed E-state index contributed by atoms with van der Waals surface area (Å²) < 4.78 is 5.34. The van der Waals surface area contributed by atoms with Crippen LogP contribution in [0.25, 0.3) is 0 Å². The lowest BCUT2D eigenvalue weighted by atomic mass is 10.0. The minimum atomic E-state index is -0.125. The van der Waals surface area contributed by atoms with Crippen molar-refractivity contribution in [2.24, 2.45) is 0 Å². The van der Waals surface area contributed by atoms with Gasteiger partial charge in [-0.2, -0.15) is 0 Å². The third-order valence-corrected chi connectivity index (χ3v) is 5.62. The fraction of sp³-hybridized carbons (Fsp3) is 0.409. The van der Waals surface area contributed by atoms with E-state index in [-0.39, 0.29) is 18.2 Å². The molecule has 2 atom stereocenters. The van der Waals surface area contributed by atoms with Crippen molar-refractivity contribution in [2.75, 3.05) is 38.2 Å². The number of rotatable bonds is 4. The molecule has 2 heterocycles. The smallest absolute Gasteiger partial charge is 0.224 e. The maximum atomic E-state index is 12.3. The number of anilines is 1. The molecular weight excluding hydrogens is 352 g/mol. The summed E-state index contributed by atoms with van der Waals surface area (Å²) in [5, 5.41) is 6.73. The Labute approximate surface area is 166 Å². The first-order valence-corrected chi connectivity index (χ1v) is 9.87. The second-order valence-electron chi connectivity index (χ2n) is 7.53. The Hall–Kier alpha value is -2.57. The number of hydrogen-bond donors (Lipinski definition) is 2. The summed E-state index contributed by atoms with van der Waals surface area (Å²) in [7, 11) is 1.69. The number of ether oxygens (including phenoxy) is 1. The monoisotopic (exact) mass is 380 g/mol. The van der Waals surface area contributed by atoms with Gasteiger partial charge in [-0.3, -0.25) is 15.0 Å². The van der Waals surface area contributed by atoms with Crippen molar-refractivity contribution in [3.63, 3.8) is 0 Å². The zero-order valence-electron chi connectivity index (χ0n) is 16.5. The number of amides is 1. The normalized spacial score (nSPS) is 23.4. The van der Waals surface area contributed by atoms with Crippen LogP contribution in [0.4, 0.5) is 5.69 Å². The van der Waals surface area contributed by atoms with E-state index in [1.165, 1.54) is 16.8 Å². The van der Waals surface area contributed by atoms with Crippen LogP contribution in [0.5, 0.6) is 5.75 Å². The van der Waals surface area contributed by atoms with Crippen LogP contribution < -0.4 is 20.3 Å². The molecule has 2 aliphatic heterocycles. The molecule has 2 aliphatic rings. The van der Waals surface area contributed by atoms with Gasteiger partial charge in [-0.15, -0.1) is 0 Å². The quantitative estimate of drug-likeness (QED) is 0.852. The average molecular weight is 380 g/mol. The van der Waals surface area contributed by atoms with E-state index in [1.54, 1.807) is 7.11 Å². The molecule has 2 aromatic carbocycles. The van der Waals surface area contributed by atoms with Crippen molar-refractivity contribution in [3.8, 4) is 5.75 Å². The van der Waals surface area contributed by atoms with Gasteiger partial charge in [0.25, 0.3) is 0 Å². The van der Waals surface area contributed by atoms with E-state index in [1.807, 2.05) is 12.1 Å². The molecule has 6 heteroatoms. The Morgan fingerprint density at radius 2 is 1.79 bits per heavy atom. The number of benzene rings is 2. The molecule has 0 spiro atoms. The Bertz CT molecular complexity index is 816. The van der Waals surface area contributed by atoms with Gasteiger partial charge in [0.1, 0.15) is 12.0 Å². The zero-order chi connectivity index (χ0) is 19.5. The first kappa shape index (κ1) is 18.8. The van der Waals surface area contributed by atoms with E-state index < -0.39 is 0 Å². The highest BCUT2D eigenvalue weighted by Gasteiger charge is 2.32. The van der Waals surface area contributed by atoms with E-state index >= 15 is 0 Å². The molecule has 0 aliphatic carbocycles. The fourth-order valence-corrected chi connectivity index (χ4v) is 3.94. The third kappa shape index (κ3) is 4.13. The lowest BCUT2D eigenvalue weighted by Crippen LogP contribution is -2.64. The van der Waals surface area contributed by atoms with E-state index in [0.717, 1.165) is 31.9 Å². The summed E-state index contributed by atoms with van der Waals surface area (Å²) >= 11 is 0. The van der Waals surface area contributed by atoms with Gasteiger partial charge in [0.15, 0.2) is 0 Å². The van der Waals surface area contributed by atoms with Gasteiger partial charge in [-0.25, -0.2) is 0 Å². The van der Waals surface area contributed by atoms with Crippen LogP contribution in [-0.2, 0) is 4.79 Å². The van der Waals surface area contributed by atoms with Gasteiger partial charge in [-0.05, 0) is 24.6 Å². The molecule has 28 heavy (non-hydrogen) atoms. The van der Waals surface area contributed by atoms with E-state index in [0.29, 0.717) is 6.42 Å². The van der Waals surface area contributed by atoms with Crippen molar-refractivity contribution >= 4 is 11.6 Å². The van der Waals surface area contributed by atoms with Crippen LogP contribution in [0, 0.1) is 6.92 Å². The Morgan fingerprint density at radius 3 is 2.50 bits per heavy atom. The van der Waals surface area contributed by atoms with Crippen LogP contribution in [0.3, 0.4) is 0 Å². The van der Waals surface area contributed by atoms with Crippen molar-refractivity contribution in [3.05, 3.63) is 59.7 Å². The summed E-state index contributed by atoms with van der Waals surface area (Å²) in [5.74, 6) is 0.978. The molecule has 0 bridgehead atoms. The van der Waals surface area contributed by atoms with Crippen LogP contribution in [0.2, 0.25) is 0 Å². The molecule has 2 saturated heterocycles. The van der Waals surface area contributed by atoms with Crippen molar-refractivity contribution < 1.29 is 9.53 Å². The highest BCUT2D eigenvalue weighted by Crippen LogP contribution is 2.24. The summed E-state index contributed by atoms with van der Waals surface area (Å²) in [6, 6.07) is 16.7. The Balaban J connectivity index is 1.39. The topological polar surface area (TPSA) is 56.8 Å². The van der Waals surface area contributed by atoms with Gasteiger partial charge >= 0.3 is 0 Å². The average Bonchev–Trinajstić information content (AvgIpc) is 2.74. The summed E-state index contributed by atoms with van der Waals surface area (Å²) in [6.45, 7) is 5.67. The Morgan fingerprint density at radius 1 is 1.04 bits per heavy atom. The second kappa shape index (κ2) is 8.20. The minimum Gasteiger partial charge on any atom is -0.497 e. The molecule has 2 aromatic rings. The Kier molecular flexibility index (Phi) is 5.50. The predicted molar refractivity (Wildman–Crippen MR) is 110 cm³/mol. The number of aryl methyl sites for hydroxylation is 1. The van der Waals surface area contributed by atoms with E-state index in [9.17, 15) is 4.79 Å². The van der Waals surface area contributed by atoms with E-state index in [4.69, 9.17) is 4.74 Å². The third-order valence-electron chi connectivity index (χ3n) is 5.62. The minimum absolute atomic E-state index is 0.0516. The molecule has 0 radical (unpaired) electrons. The summed E-state index contributed by atoms with van der Waals surface area (Å²) in [4.78, 5) is 17.0. The molecule has 0 aromatic heterocycles. The van der Waals surface area contributed by atoms with Crippen molar-refractivity contribution in [2.45, 2.75) is 25.7 Å². The number of nitrogens with zero attached hydrogens (tertiary/aromatic N) is 2. The molecular formula is C22H28N4O2. The van der Waals surface area contributed by atoms with Crippen molar-refractivity contribution in [1.29, 1.82) is 0 Å². The standard InChI is InChI=1S/C22H28N4O2/c1-16-6-8-17(9-7-16)20-15-21(27)24-22(23-20)26-12-10-25(11-13-26)18-4-3-5-19(14-18)28-2/h3-9,14,20,22-23H,10-13,15H2,1-2H3,(H,24,27). The highest BCUT2D eigenvalue weighted by molar-refractivity contribution is 5.78. The lowest BCUT2D eigenvalue weighted by Gasteiger charge is -2.43. The van der Waals surface area contributed by atoms with Crippen LogP contribution in [0.15, 0.2) is 48.5 Å². The number of hydrogen-bond acceptors (Lipinski definition) is 5. The van der Waals surface area contributed by atoms with Crippen LogP contribution in [0.1, 0.15) is 23.6 Å². The van der Waals surface area contributed by atoms with E-state index in [2.05, 4.69) is 63.8 Å². The number of carbonyl (C=O) groups is 1. The second-order valence-corrected chi connectivity index (χ2v) is 7.53. The van der Waals surface area contributed by atoms with Gasteiger partial charge < -0.3 is 15.0 Å². The maximum Gasteiger partial charge on any atom is 0.224 e. The molecule has 2 fully saturated rings. The predicted octanol–water partition coefficient (Wildman–Crippen LogP) is 2.26. The number of piperazine rings is 1. The maximum absolute atomic E-state index is 12.3. The molecule has 2 N–H and O–H groups in total. The first-order valence-electron chi connectivity index (χ1n) is 9.87. The summed E-state index contributed by atoms with van der Waals surface area (Å²) in [6.07, 6.45) is 0.351. The number of nitrogens with one attached hydrogen (secondary N) is 2. The molecule has 4 rings (SSSR count). The van der Waals surface area contributed by atoms with Gasteiger partial charge in [0, 0.05) is 50.4 Å². The van der Waals surface area contributed by atoms with Crippen LogP contribution >= 0.6 is 0 Å². The van der Waals surface area contributed by atoms with Crippen molar-refractivity contribution in [1.82, 2.24) is 15.5 Å². The first-order chi connectivity index (χ1) is 13.6. The molecule has 6 nitrogen and oxygen atoms in total. The number of methoxy groups -OCH3 is 1. The molecule has 0 saturated carbocycles. The summed E-state index contributed by atoms with van der Waals surface area (Å²) in [5.41, 5.74) is 3.58. The highest BCUT2D eigenvalue weighted by atomic mass is 16.5. The lowest BCUT2D eigenvalue weighted by molar-refractivity contribution is -0.127. The van der Waals surface area contributed by atoms with Gasteiger partial charge in [0.05, 0.1) is 7.11 Å².